The molecule has 0 fully saturated rings. The van der Waals surface area contributed by atoms with Crippen LogP contribution in [0.5, 0.6) is 11.5 Å². The van der Waals surface area contributed by atoms with E-state index in [2.05, 4.69) is 5.32 Å². The van der Waals surface area contributed by atoms with E-state index in [1.807, 2.05) is 6.92 Å². The Labute approximate surface area is 204 Å². The normalized spacial score (nSPS) is 21.7. The minimum Gasteiger partial charge on any atom is -0.490 e. The predicted molar refractivity (Wildman–Crippen MR) is 125 cm³/mol. The molecule has 3 atom stereocenters. The van der Waals surface area contributed by atoms with Crippen molar-refractivity contribution in [1.29, 1.82) is 0 Å². The maximum Gasteiger partial charge on any atom is 0.336 e. The van der Waals surface area contributed by atoms with E-state index in [0.29, 0.717) is 41.3 Å². The molecule has 1 aliphatic heterocycles. The number of hydrogen-bond donors (Lipinski definition) is 1. The molecular formula is C26H31NO8. The van der Waals surface area contributed by atoms with E-state index in [1.54, 1.807) is 39.0 Å². The Balaban J connectivity index is 2.22. The van der Waals surface area contributed by atoms with Crippen LogP contribution in [0.2, 0.25) is 0 Å². The number of nitrogens with one attached hydrogen (secondary N) is 1. The van der Waals surface area contributed by atoms with Gasteiger partial charge in [-0.15, -0.1) is 0 Å². The van der Waals surface area contributed by atoms with Gasteiger partial charge in [-0.05, 0) is 50.8 Å². The van der Waals surface area contributed by atoms with Crippen molar-refractivity contribution < 1.29 is 38.1 Å². The predicted octanol–water partition coefficient (Wildman–Crippen LogP) is 3.19. The summed E-state index contributed by atoms with van der Waals surface area (Å²) >= 11 is 0. The van der Waals surface area contributed by atoms with Gasteiger partial charge in [0.05, 0.1) is 25.9 Å². The quantitative estimate of drug-likeness (QED) is 0.353. The highest BCUT2D eigenvalue weighted by Crippen LogP contribution is 2.46. The fourth-order valence-corrected chi connectivity index (χ4v) is 4.70. The highest BCUT2D eigenvalue weighted by atomic mass is 16.6. The van der Waals surface area contributed by atoms with Gasteiger partial charge in [0.1, 0.15) is 5.92 Å². The molecule has 1 aliphatic carbocycles. The number of dihydropyridines is 1. The topological polar surface area (TPSA) is 117 Å². The summed E-state index contributed by atoms with van der Waals surface area (Å²) in [7, 11) is 1.25. The van der Waals surface area contributed by atoms with Crippen LogP contribution in [0.1, 0.15) is 52.5 Å². The van der Waals surface area contributed by atoms with E-state index in [-0.39, 0.29) is 23.8 Å². The van der Waals surface area contributed by atoms with Crippen LogP contribution < -0.4 is 14.8 Å². The average molecular weight is 486 g/mol. The Morgan fingerprint density at radius 3 is 2.43 bits per heavy atom. The van der Waals surface area contributed by atoms with Crippen molar-refractivity contribution in [3.8, 4) is 11.5 Å². The molecule has 0 saturated carbocycles. The summed E-state index contributed by atoms with van der Waals surface area (Å²) in [6, 6.07) is 4.88. The molecule has 0 amide bonds. The fourth-order valence-electron chi connectivity index (χ4n) is 4.70. The van der Waals surface area contributed by atoms with E-state index >= 15 is 0 Å². The zero-order valence-corrected chi connectivity index (χ0v) is 20.9. The lowest BCUT2D eigenvalue weighted by Gasteiger charge is -2.38. The van der Waals surface area contributed by atoms with Crippen LogP contribution in [-0.2, 0) is 28.7 Å². The summed E-state index contributed by atoms with van der Waals surface area (Å²) in [6.45, 7) is 8.80. The molecule has 0 saturated heterocycles. The molecule has 0 unspecified atom stereocenters. The third-order valence-corrected chi connectivity index (χ3v) is 6.09. The van der Waals surface area contributed by atoms with Gasteiger partial charge >= 0.3 is 17.9 Å². The number of allylic oxidation sites excluding steroid dienone is 3. The van der Waals surface area contributed by atoms with Gasteiger partial charge in [-0.1, -0.05) is 13.0 Å². The summed E-state index contributed by atoms with van der Waals surface area (Å²) in [5, 5.41) is 3.21. The smallest absolute Gasteiger partial charge is 0.336 e. The SMILES string of the molecule is CCOC(=O)C1=C(C)NC2=C(C(=O)[C@@H](C(=O)OC)[C@@H](C)C2)[C@H]1c1ccc(OC(C)=O)c(OCC)c1. The zero-order chi connectivity index (χ0) is 25.9. The van der Waals surface area contributed by atoms with Crippen LogP contribution in [-0.4, -0.2) is 44.0 Å². The molecule has 9 nitrogen and oxygen atoms in total. The molecule has 1 N–H and O–H groups in total. The van der Waals surface area contributed by atoms with E-state index in [4.69, 9.17) is 18.9 Å². The van der Waals surface area contributed by atoms with E-state index < -0.39 is 35.5 Å². The Morgan fingerprint density at radius 1 is 1.11 bits per heavy atom. The molecule has 1 aromatic carbocycles. The van der Waals surface area contributed by atoms with E-state index in [9.17, 15) is 19.2 Å². The van der Waals surface area contributed by atoms with Crippen molar-refractivity contribution in [3.63, 3.8) is 0 Å². The first-order valence-electron chi connectivity index (χ1n) is 11.6. The van der Waals surface area contributed by atoms with Crippen LogP contribution in [0, 0.1) is 11.8 Å². The van der Waals surface area contributed by atoms with Crippen molar-refractivity contribution in [2.24, 2.45) is 11.8 Å². The second kappa shape index (κ2) is 10.8. The molecule has 3 rings (SSSR count). The van der Waals surface area contributed by atoms with Crippen molar-refractivity contribution in [3.05, 3.63) is 46.3 Å². The maximum atomic E-state index is 13.7. The number of esters is 3. The monoisotopic (exact) mass is 485 g/mol. The number of carbonyl (C=O) groups excluding carboxylic acids is 4. The highest BCUT2D eigenvalue weighted by molar-refractivity contribution is 6.12. The van der Waals surface area contributed by atoms with Crippen LogP contribution in [0.4, 0.5) is 0 Å². The standard InChI is InChI=1S/C26H31NO8/c1-7-33-19-12-16(9-10-18(19)35-15(5)28)22-21(26(31)34-8-2)14(4)27-17-11-13(3)20(25(30)32-6)24(29)23(17)22/h9-10,12-13,20,22,27H,7-8,11H2,1-6H3/t13-,20-,22-/m0/s1. The number of ether oxygens (including phenoxy) is 4. The summed E-state index contributed by atoms with van der Waals surface area (Å²) in [5.74, 6) is -3.67. The van der Waals surface area contributed by atoms with Gasteiger partial charge in [0.15, 0.2) is 17.3 Å². The molecule has 1 heterocycles. The summed E-state index contributed by atoms with van der Waals surface area (Å²) in [6.07, 6.45) is 0.425. The lowest BCUT2D eigenvalue weighted by Crippen LogP contribution is -2.43. The second-order valence-corrected chi connectivity index (χ2v) is 8.49. The molecule has 1 aromatic rings. The van der Waals surface area contributed by atoms with Crippen LogP contribution in [0.15, 0.2) is 40.7 Å². The first-order chi connectivity index (χ1) is 16.6. The third kappa shape index (κ3) is 5.08. The lowest BCUT2D eigenvalue weighted by molar-refractivity contribution is -0.151. The van der Waals surface area contributed by atoms with Crippen molar-refractivity contribution in [2.75, 3.05) is 20.3 Å². The number of hydrogen-bond acceptors (Lipinski definition) is 9. The number of carbonyl (C=O) groups is 4. The van der Waals surface area contributed by atoms with Crippen LogP contribution in [0.25, 0.3) is 0 Å². The van der Waals surface area contributed by atoms with Gasteiger partial charge in [-0.2, -0.15) is 0 Å². The van der Waals surface area contributed by atoms with Crippen molar-refractivity contribution in [2.45, 2.75) is 47.0 Å². The number of rotatable bonds is 7. The largest absolute Gasteiger partial charge is 0.490 e. The first-order valence-corrected chi connectivity index (χ1v) is 11.6. The Kier molecular flexibility index (Phi) is 7.99. The van der Waals surface area contributed by atoms with E-state index in [0.717, 1.165) is 0 Å². The number of Topliss-reactive ketones (excluding diaryl/α,β-unsaturated/α-hetero) is 1. The number of benzene rings is 1. The second-order valence-electron chi connectivity index (χ2n) is 8.49. The van der Waals surface area contributed by atoms with Crippen molar-refractivity contribution in [1.82, 2.24) is 5.32 Å². The Hall–Kier alpha value is -3.62. The van der Waals surface area contributed by atoms with Gasteiger partial charge in [0.25, 0.3) is 0 Å². The molecule has 35 heavy (non-hydrogen) atoms. The number of ketones is 1. The Bertz CT molecular complexity index is 1120. The summed E-state index contributed by atoms with van der Waals surface area (Å²) in [5.41, 5.74) is 2.35. The van der Waals surface area contributed by atoms with Gasteiger partial charge in [-0.25, -0.2) is 4.79 Å². The molecule has 2 aliphatic rings. The molecule has 9 heteroatoms. The third-order valence-electron chi connectivity index (χ3n) is 6.09. The van der Waals surface area contributed by atoms with Crippen LogP contribution >= 0.6 is 0 Å². The van der Waals surface area contributed by atoms with Gasteiger partial charge in [0.2, 0.25) is 0 Å². The molecule has 0 spiro atoms. The zero-order valence-electron chi connectivity index (χ0n) is 20.9. The molecule has 0 bridgehead atoms. The summed E-state index contributed by atoms with van der Waals surface area (Å²) in [4.78, 5) is 50.9. The lowest BCUT2D eigenvalue weighted by atomic mass is 9.69. The molecule has 188 valence electrons. The van der Waals surface area contributed by atoms with E-state index in [1.165, 1.54) is 14.0 Å². The average Bonchev–Trinajstić information content (AvgIpc) is 2.79. The van der Waals surface area contributed by atoms with Gasteiger partial charge in [0, 0.05) is 29.8 Å². The fraction of sp³-hybridized carbons (Fsp3) is 0.462. The van der Waals surface area contributed by atoms with Gasteiger partial charge < -0.3 is 24.3 Å². The Morgan fingerprint density at radius 2 is 1.83 bits per heavy atom. The molecule has 0 aromatic heterocycles. The van der Waals surface area contributed by atoms with Crippen molar-refractivity contribution >= 4 is 23.7 Å². The summed E-state index contributed by atoms with van der Waals surface area (Å²) < 4.78 is 21.2. The molecular weight excluding hydrogens is 454 g/mol. The van der Waals surface area contributed by atoms with Crippen LogP contribution in [0.3, 0.4) is 0 Å². The minimum atomic E-state index is -0.989. The maximum absolute atomic E-state index is 13.7. The first kappa shape index (κ1) is 26.0. The minimum absolute atomic E-state index is 0.152. The highest BCUT2D eigenvalue weighted by Gasteiger charge is 2.47. The van der Waals surface area contributed by atoms with Gasteiger partial charge in [-0.3, -0.25) is 14.4 Å². The number of methoxy groups -OCH3 is 1. The molecule has 0 radical (unpaired) electrons.